The van der Waals surface area contributed by atoms with Crippen molar-refractivity contribution < 1.29 is 19.1 Å². The zero-order chi connectivity index (χ0) is 21.2. The molecule has 2 aromatic rings. The number of esters is 1. The number of hydrogen-bond acceptors (Lipinski definition) is 4. The Morgan fingerprint density at radius 3 is 2.28 bits per heavy atom. The van der Waals surface area contributed by atoms with Gasteiger partial charge in [0.15, 0.2) is 6.10 Å². The highest BCUT2D eigenvalue weighted by Crippen LogP contribution is 2.18. The third-order valence-electron chi connectivity index (χ3n) is 4.46. The van der Waals surface area contributed by atoms with Crippen LogP contribution in [0.2, 0.25) is 5.02 Å². The van der Waals surface area contributed by atoms with Gasteiger partial charge in [0.2, 0.25) is 0 Å². The third-order valence-corrected chi connectivity index (χ3v) is 4.72. The molecule has 0 unspecified atom stereocenters. The molecule has 6 nitrogen and oxygen atoms in total. The second-order valence-corrected chi connectivity index (χ2v) is 7.02. The second-order valence-electron chi connectivity index (χ2n) is 6.58. The molecule has 29 heavy (non-hydrogen) atoms. The first-order valence-electron chi connectivity index (χ1n) is 9.46. The first-order chi connectivity index (χ1) is 13.9. The van der Waals surface area contributed by atoms with Crippen molar-refractivity contribution in [1.29, 1.82) is 0 Å². The maximum absolute atomic E-state index is 12.2. The highest BCUT2D eigenvalue weighted by molar-refractivity contribution is 6.30. The lowest BCUT2D eigenvalue weighted by Crippen LogP contribution is -2.40. The Morgan fingerprint density at radius 2 is 1.66 bits per heavy atom. The normalized spacial score (nSPS) is 12.5. The van der Waals surface area contributed by atoms with Gasteiger partial charge in [0.05, 0.1) is 0 Å². The van der Waals surface area contributed by atoms with Crippen LogP contribution in [-0.2, 0) is 14.3 Å². The summed E-state index contributed by atoms with van der Waals surface area (Å²) in [5, 5.41) is 5.78. The standard InChI is InChI=1S/C22H25ClN2O4/c1-3-16(17-7-5-4-6-8-17)13-24-21(27)15(2)29-20(26)14-25-22(28)18-9-11-19(23)12-10-18/h4-12,15-16H,3,13-14H2,1-2H3,(H,24,27)(H,25,28)/t15-,16+/m1/s1. The number of nitrogens with one attached hydrogen (secondary N) is 2. The van der Waals surface area contributed by atoms with Gasteiger partial charge in [-0.15, -0.1) is 0 Å². The Balaban J connectivity index is 1.75. The molecule has 0 bridgehead atoms. The summed E-state index contributed by atoms with van der Waals surface area (Å²) in [5.41, 5.74) is 1.52. The molecule has 0 heterocycles. The molecule has 0 saturated heterocycles. The van der Waals surface area contributed by atoms with Gasteiger partial charge in [0.1, 0.15) is 6.54 Å². The number of rotatable bonds is 9. The van der Waals surface area contributed by atoms with Gasteiger partial charge in [-0.1, -0.05) is 48.9 Å². The summed E-state index contributed by atoms with van der Waals surface area (Å²) in [7, 11) is 0. The highest BCUT2D eigenvalue weighted by Gasteiger charge is 2.19. The van der Waals surface area contributed by atoms with E-state index in [4.69, 9.17) is 16.3 Å². The fourth-order valence-electron chi connectivity index (χ4n) is 2.74. The molecule has 2 amide bonds. The summed E-state index contributed by atoms with van der Waals surface area (Å²) in [6.07, 6.45) is -0.0851. The minimum Gasteiger partial charge on any atom is -0.451 e. The molecule has 154 valence electrons. The lowest BCUT2D eigenvalue weighted by molar-refractivity contribution is -0.153. The van der Waals surface area contributed by atoms with E-state index < -0.39 is 18.0 Å². The van der Waals surface area contributed by atoms with Gasteiger partial charge in [-0.25, -0.2) is 0 Å². The van der Waals surface area contributed by atoms with Gasteiger partial charge < -0.3 is 15.4 Å². The second kappa shape index (κ2) is 11.2. The van der Waals surface area contributed by atoms with Gasteiger partial charge in [-0.05, 0) is 43.2 Å². The van der Waals surface area contributed by atoms with E-state index in [1.165, 1.54) is 6.92 Å². The molecule has 0 saturated carbocycles. The highest BCUT2D eigenvalue weighted by atomic mass is 35.5. The van der Waals surface area contributed by atoms with E-state index in [1.807, 2.05) is 30.3 Å². The van der Waals surface area contributed by atoms with E-state index in [0.717, 1.165) is 12.0 Å². The zero-order valence-corrected chi connectivity index (χ0v) is 17.2. The molecule has 7 heteroatoms. The van der Waals surface area contributed by atoms with Crippen molar-refractivity contribution in [2.24, 2.45) is 0 Å². The van der Waals surface area contributed by atoms with Crippen LogP contribution >= 0.6 is 11.6 Å². The zero-order valence-electron chi connectivity index (χ0n) is 16.5. The molecule has 0 aliphatic carbocycles. The largest absolute Gasteiger partial charge is 0.451 e. The average molecular weight is 417 g/mol. The van der Waals surface area contributed by atoms with Gasteiger partial charge >= 0.3 is 5.97 Å². The lowest BCUT2D eigenvalue weighted by Gasteiger charge is -2.18. The van der Waals surface area contributed by atoms with Gasteiger partial charge in [-0.2, -0.15) is 0 Å². The Bertz CT molecular complexity index is 824. The number of carbonyl (C=O) groups is 3. The Morgan fingerprint density at radius 1 is 1.00 bits per heavy atom. The Hall–Kier alpha value is -2.86. The van der Waals surface area contributed by atoms with Gasteiger partial charge in [-0.3, -0.25) is 14.4 Å². The summed E-state index contributed by atoms with van der Waals surface area (Å²) >= 11 is 5.78. The van der Waals surface area contributed by atoms with Crippen LogP contribution < -0.4 is 10.6 Å². The van der Waals surface area contributed by atoms with Crippen molar-refractivity contribution in [2.75, 3.05) is 13.1 Å². The van der Waals surface area contributed by atoms with Crippen LogP contribution in [0, 0.1) is 0 Å². The number of halogens is 1. The van der Waals surface area contributed by atoms with Crippen molar-refractivity contribution >= 4 is 29.4 Å². The molecule has 2 rings (SSSR count). The van der Waals surface area contributed by atoms with E-state index in [9.17, 15) is 14.4 Å². The number of ether oxygens (including phenoxy) is 1. The maximum atomic E-state index is 12.2. The number of hydrogen-bond donors (Lipinski definition) is 2. The summed E-state index contributed by atoms with van der Waals surface area (Å²) in [6.45, 7) is 3.67. The van der Waals surface area contributed by atoms with Crippen LogP contribution in [-0.4, -0.2) is 37.0 Å². The monoisotopic (exact) mass is 416 g/mol. The fraction of sp³-hybridized carbons (Fsp3) is 0.318. The number of carbonyl (C=O) groups excluding carboxylic acids is 3. The molecular weight excluding hydrogens is 392 g/mol. The van der Waals surface area contributed by atoms with Crippen molar-refractivity contribution in [3.63, 3.8) is 0 Å². The topological polar surface area (TPSA) is 84.5 Å². The van der Waals surface area contributed by atoms with Crippen LogP contribution in [0.1, 0.15) is 42.1 Å². The SMILES string of the molecule is CC[C@@H](CNC(=O)[C@@H](C)OC(=O)CNC(=O)c1ccc(Cl)cc1)c1ccccc1. The van der Waals surface area contributed by atoms with Crippen LogP contribution in [0.4, 0.5) is 0 Å². The van der Waals surface area contributed by atoms with Crippen molar-refractivity contribution in [3.05, 3.63) is 70.7 Å². The summed E-state index contributed by atoms with van der Waals surface area (Å²) in [6, 6.07) is 16.2. The van der Waals surface area contributed by atoms with E-state index in [0.29, 0.717) is 17.1 Å². The van der Waals surface area contributed by atoms with E-state index in [-0.39, 0.29) is 18.4 Å². The van der Waals surface area contributed by atoms with Gasteiger partial charge in [0.25, 0.3) is 11.8 Å². The molecule has 0 aliphatic heterocycles. The molecule has 0 aliphatic rings. The van der Waals surface area contributed by atoms with E-state index in [2.05, 4.69) is 17.6 Å². The van der Waals surface area contributed by atoms with Crippen LogP contribution in [0.5, 0.6) is 0 Å². The van der Waals surface area contributed by atoms with E-state index in [1.54, 1.807) is 24.3 Å². The molecule has 2 aromatic carbocycles. The Kier molecular flexibility index (Phi) is 8.68. The smallest absolute Gasteiger partial charge is 0.326 e. The summed E-state index contributed by atoms with van der Waals surface area (Å²) in [5.74, 6) is -1.31. The number of amides is 2. The third kappa shape index (κ3) is 7.23. The van der Waals surface area contributed by atoms with E-state index >= 15 is 0 Å². The predicted molar refractivity (Wildman–Crippen MR) is 112 cm³/mol. The van der Waals surface area contributed by atoms with Crippen molar-refractivity contribution in [1.82, 2.24) is 10.6 Å². The minimum absolute atomic E-state index is 0.182. The molecule has 0 spiro atoms. The quantitative estimate of drug-likeness (QED) is 0.614. The molecule has 2 atom stereocenters. The summed E-state index contributed by atoms with van der Waals surface area (Å²) < 4.78 is 5.10. The molecule has 0 aromatic heterocycles. The van der Waals surface area contributed by atoms with Crippen molar-refractivity contribution in [3.8, 4) is 0 Å². The number of benzene rings is 2. The lowest BCUT2D eigenvalue weighted by atomic mass is 9.96. The van der Waals surface area contributed by atoms with Crippen LogP contribution in [0.25, 0.3) is 0 Å². The van der Waals surface area contributed by atoms with Crippen molar-refractivity contribution in [2.45, 2.75) is 32.3 Å². The van der Waals surface area contributed by atoms with Crippen LogP contribution in [0.15, 0.2) is 54.6 Å². The van der Waals surface area contributed by atoms with Crippen LogP contribution in [0.3, 0.4) is 0 Å². The minimum atomic E-state index is -0.955. The average Bonchev–Trinajstić information content (AvgIpc) is 2.73. The first-order valence-corrected chi connectivity index (χ1v) is 9.84. The molecule has 0 fully saturated rings. The molecular formula is C22H25ClN2O4. The Labute approximate surface area is 175 Å². The maximum Gasteiger partial charge on any atom is 0.326 e. The fourth-order valence-corrected chi connectivity index (χ4v) is 2.86. The summed E-state index contributed by atoms with van der Waals surface area (Å²) in [4.78, 5) is 36.1. The molecule has 0 radical (unpaired) electrons. The van der Waals surface area contributed by atoms with Gasteiger partial charge in [0, 0.05) is 23.0 Å². The predicted octanol–water partition coefficient (Wildman–Crippen LogP) is 3.31. The first kappa shape index (κ1) is 22.4. The molecule has 2 N–H and O–H groups in total.